The molecule has 19 nitrogen and oxygen atoms in total. The third-order valence-corrected chi connectivity index (χ3v) is 17.6. The van der Waals surface area contributed by atoms with Gasteiger partial charge >= 0.3 is 0 Å². The van der Waals surface area contributed by atoms with Crippen LogP contribution in [0.15, 0.2) is 201 Å². The van der Waals surface area contributed by atoms with E-state index in [2.05, 4.69) is 68.5 Å². The van der Waals surface area contributed by atoms with Gasteiger partial charge in [0.2, 0.25) is 5.91 Å². The van der Waals surface area contributed by atoms with Crippen LogP contribution in [0, 0.1) is 5.92 Å². The fraction of sp³-hybridized carbons (Fsp3) is 0.243. The summed E-state index contributed by atoms with van der Waals surface area (Å²) in [6.45, 7) is 7.54. The number of hydrogen-bond acceptors (Lipinski definition) is 16. The Hall–Kier alpha value is -10.8. The number of anilines is 3. The maximum Gasteiger partial charge on any atom is 0.234 e. The number of rotatable bonds is 13. The van der Waals surface area contributed by atoms with Gasteiger partial charge in [-0.3, -0.25) is 19.1 Å². The number of benzene rings is 6. The summed E-state index contributed by atoms with van der Waals surface area (Å²) in [6.07, 6.45) is 18.1. The molecule has 7 heterocycles. The van der Waals surface area contributed by atoms with Gasteiger partial charge in [-0.25, -0.2) is 29.9 Å². The summed E-state index contributed by atoms with van der Waals surface area (Å²) in [5.41, 5.74) is 26.9. The van der Waals surface area contributed by atoms with E-state index in [4.69, 9.17) is 36.1 Å². The Morgan fingerprint density at radius 2 is 0.785 bits per heavy atom. The van der Waals surface area contributed by atoms with Crippen LogP contribution in [0.25, 0.3) is 66.5 Å². The lowest BCUT2D eigenvalue weighted by atomic mass is 9.90. The van der Waals surface area contributed by atoms with Crippen LogP contribution in [0.5, 0.6) is 34.5 Å². The molecule has 1 saturated heterocycles. The van der Waals surface area contributed by atoms with Gasteiger partial charge in [-0.05, 0) is 128 Å². The molecule has 0 radical (unpaired) electrons. The molecule has 3 fully saturated rings. The van der Waals surface area contributed by atoms with Crippen LogP contribution in [0.1, 0.15) is 82.1 Å². The highest BCUT2D eigenvalue weighted by atomic mass is 16.5. The second kappa shape index (κ2) is 27.8. The highest BCUT2D eigenvalue weighted by Gasteiger charge is 2.30. The first-order valence-corrected chi connectivity index (χ1v) is 31.7. The minimum absolute atomic E-state index is 0.0432. The second-order valence-corrected chi connectivity index (χ2v) is 23.9. The molecule has 19 heteroatoms. The molecule has 0 unspecified atom stereocenters. The van der Waals surface area contributed by atoms with Gasteiger partial charge in [-0.2, -0.15) is 0 Å². The van der Waals surface area contributed by atoms with Crippen molar-refractivity contribution >= 4 is 62.2 Å². The fourth-order valence-corrected chi connectivity index (χ4v) is 12.8. The standard InChI is InChI=1S/C28H31N5O2.C24H22N4O2.C22H20N4O2/c29-27-26-25(20-6-12-24(13-7-20)35-23-4-2-1-3-5-23)18-33(28(26)31-19-30-27)22-10-8-21(9-11-22)32-14-16-34-17-15-32;25-23-22-21(16-6-12-20(13-7-16)30-19-4-2-1-3-5-19)14-28(24(22)27-15-26-23)17-8-10-18(29)11-9-17;1-14(2)22(27)26-12-18(19-20(23)24-13-25-21(19)26)15-8-10-17(11-9-15)28-16-6-4-3-5-7-16/h1-7,12-13,18-19,21-22H,8-11,14-17H2,(H2,29,30,31);1-7,12-15,17H,8-11H2,(H2,25,26,27);3-14H,1-2H3,(H2,23,24,25)/t21-,22+;;. The van der Waals surface area contributed by atoms with E-state index in [0.29, 0.717) is 59.2 Å². The molecule has 12 aromatic rings. The number of hydrogen-bond donors (Lipinski definition) is 3. The largest absolute Gasteiger partial charge is 0.457 e. The van der Waals surface area contributed by atoms with Gasteiger partial charge in [0, 0.05) is 85.3 Å². The molecular formula is C74H73N13O6. The Balaban J connectivity index is 0.000000128. The zero-order valence-corrected chi connectivity index (χ0v) is 52.0. The number of carbonyl (C=O) groups is 2. The minimum atomic E-state index is -0.165. The van der Waals surface area contributed by atoms with Crippen molar-refractivity contribution in [1.82, 2.24) is 48.5 Å². The molecule has 1 aliphatic heterocycles. The van der Waals surface area contributed by atoms with Crippen LogP contribution in [0.3, 0.4) is 0 Å². The lowest BCUT2D eigenvalue weighted by molar-refractivity contribution is -0.120. The van der Waals surface area contributed by atoms with Crippen molar-refractivity contribution in [1.29, 1.82) is 0 Å². The first-order chi connectivity index (χ1) is 45.5. The molecular weight excluding hydrogens is 1170 g/mol. The van der Waals surface area contributed by atoms with E-state index in [1.54, 1.807) is 17.1 Å². The van der Waals surface area contributed by atoms with Crippen molar-refractivity contribution in [3.05, 3.63) is 201 Å². The smallest absolute Gasteiger partial charge is 0.234 e. The number of nitrogens with zero attached hydrogens (tertiary/aromatic N) is 10. The minimum Gasteiger partial charge on any atom is -0.457 e. The highest BCUT2D eigenvalue weighted by molar-refractivity contribution is 6.05. The maximum atomic E-state index is 12.6. The molecule has 0 spiro atoms. The number of para-hydroxylation sites is 3. The van der Waals surface area contributed by atoms with Gasteiger partial charge in [0.1, 0.15) is 88.0 Å². The Kier molecular flexibility index (Phi) is 18.2. The van der Waals surface area contributed by atoms with Crippen molar-refractivity contribution in [2.45, 2.75) is 83.3 Å². The maximum absolute atomic E-state index is 12.6. The van der Waals surface area contributed by atoms with Crippen LogP contribution >= 0.6 is 0 Å². The van der Waals surface area contributed by atoms with Gasteiger partial charge in [0.15, 0.2) is 5.65 Å². The molecule has 2 aliphatic carbocycles. The van der Waals surface area contributed by atoms with Crippen molar-refractivity contribution < 1.29 is 28.5 Å². The summed E-state index contributed by atoms with van der Waals surface area (Å²) in [5, 5.41) is 2.46. The molecule has 6 aromatic heterocycles. The highest BCUT2D eigenvalue weighted by Crippen LogP contribution is 2.42. The second-order valence-electron chi connectivity index (χ2n) is 23.9. The van der Waals surface area contributed by atoms with E-state index in [1.165, 1.54) is 25.5 Å². The van der Waals surface area contributed by atoms with Crippen molar-refractivity contribution in [3.8, 4) is 67.9 Å². The van der Waals surface area contributed by atoms with Crippen LogP contribution in [-0.4, -0.2) is 92.5 Å². The summed E-state index contributed by atoms with van der Waals surface area (Å²) in [6, 6.07) is 54.2. The number of Topliss-reactive ketones (excluding diaryl/α,β-unsaturated/α-hetero) is 1. The molecule has 0 bridgehead atoms. The lowest BCUT2D eigenvalue weighted by Crippen LogP contribution is -2.45. The number of aromatic nitrogens is 9. The molecule has 6 aromatic carbocycles. The van der Waals surface area contributed by atoms with E-state index in [1.807, 2.05) is 166 Å². The van der Waals surface area contributed by atoms with E-state index in [-0.39, 0.29) is 17.9 Å². The molecule has 0 amide bonds. The molecule has 470 valence electrons. The topological polar surface area (TPSA) is 244 Å². The van der Waals surface area contributed by atoms with Crippen LogP contribution in [-0.2, 0) is 9.53 Å². The summed E-state index contributed by atoms with van der Waals surface area (Å²) < 4.78 is 29.3. The SMILES string of the molecule is CC(C)C(=O)n1cc(-c2ccc(Oc3ccccc3)cc2)c2c(N)ncnc21.Nc1ncnc2c1c(-c1ccc(Oc3ccccc3)cc1)cn2C1CCC(=O)CC1.Nc1ncnc2c1c(-c1ccc(Oc3ccccc3)cc1)cn2[C@H]1CC[C@@H](N2CCOCC2)CC1. The Bertz CT molecular complexity index is 4520. The predicted octanol–water partition coefficient (Wildman–Crippen LogP) is 15.2. The summed E-state index contributed by atoms with van der Waals surface area (Å²) >= 11 is 0. The van der Waals surface area contributed by atoms with Gasteiger partial charge in [-0.1, -0.05) is 105 Å². The average Bonchev–Trinajstić information content (AvgIpc) is 1.64. The predicted molar refractivity (Wildman–Crippen MR) is 363 cm³/mol. The number of nitrogen functional groups attached to an aromatic ring is 3. The number of fused-ring (bicyclic) bond motifs is 3. The molecule has 0 atom stereocenters. The van der Waals surface area contributed by atoms with E-state index < -0.39 is 0 Å². The van der Waals surface area contributed by atoms with E-state index in [9.17, 15) is 9.59 Å². The number of ether oxygens (including phenoxy) is 4. The van der Waals surface area contributed by atoms with Gasteiger partial charge < -0.3 is 45.3 Å². The zero-order chi connectivity index (χ0) is 63.8. The van der Waals surface area contributed by atoms with Crippen molar-refractivity contribution in [2.75, 3.05) is 43.5 Å². The molecule has 93 heavy (non-hydrogen) atoms. The number of carbonyl (C=O) groups excluding carboxylic acids is 2. The summed E-state index contributed by atoms with van der Waals surface area (Å²) in [4.78, 5) is 53.0. The van der Waals surface area contributed by atoms with E-state index >= 15 is 0 Å². The molecule has 2 saturated carbocycles. The average molecular weight is 1240 g/mol. The summed E-state index contributed by atoms with van der Waals surface area (Å²) in [5.74, 6) is 6.14. The number of ketones is 1. The van der Waals surface area contributed by atoms with Crippen molar-refractivity contribution in [3.63, 3.8) is 0 Å². The van der Waals surface area contributed by atoms with Crippen LogP contribution in [0.2, 0.25) is 0 Å². The first kappa shape index (κ1) is 61.1. The quantitative estimate of drug-likeness (QED) is 0.0971. The normalized spacial score (nSPS) is 16.1. The number of morpholine rings is 1. The van der Waals surface area contributed by atoms with Gasteiger partial charge in [0.05, 0.1) is 29.4 Å². The van der Waals surface area contributed by atoms with Crippen LogP contribution in [0.4, 0.5) is 17.5 Å². The Labute approximate surface area is 538 Å². The summed E-state index contributed by atoms with van der Waals surface area (Å²) in [7, 11) is 0. The molecule has 6 N–H and O–H groups in total. The van der Waals surface area contributed by atoms with Gasteiger partial charge in [0.25, 0.3) is 0 Å². The lowest BCUT2D eigenvalue weighted by Gasteiger charge is -2.39. The Morgan fingerprint density at radius 1 is 0.441 bits per heavy atom. The Morgan fingerprint density at radius 3 is 1.18 bits per heavy atom. The third-order valence-electron chi connectivity index (χ3n) is 17.6. The zero-order valence-electron chi connectivity index (χ0n) is 52.0. The van der Waals surface area contributed by atoms with Gasteiger partial charge in [-0.15, -0.1) is 0 Å². The monoisotopic (exact) mass is 1240 g/mol. The van der Waals surface area contributed by atoms with Crippen LogP contribution < -0.4 is 31.4 Å². The van der Waals surface area contributed by atoms with E-state index in [0.717, 1.165) is 142 Å². The van der Waals surface area contributed by atoms with Crippen molar-refractivity contribution in [2.24, 2.45) is 5.92 Å². The first-order valence-electron chi connectivity index (χ1n) is 31.7. The molecule has 3 aliphatic rings. The fourth-order valence-electron chi connectivity index (χ4n) is 12.8. The number of nitrogens with two attached hydrogens (primary N) is 3. The molecule has 15 rings (SSSR count). The third kappa shape index (κ3) is 13.7.